The van der Waals surface area contributed by atoms with Crippen molar-refractivity contribution in [2.45, 2.75) is 19.0 Å². The molecular weight excluding hydrogens is 182 g/mol. The van der Waals surface area contributed by atoms with Crippen LogP contribution in [0.4, 0.5) is 8.78 Å². The van der Waals surface area contributed by atoms with Crippen LogP contribution in [0.15, 0.2) is 12.7 Å². The smallest absolute Gasteiger partial charge is 0.348 e. The third kappa shape index (κ3) is 3.95. The van der Waals surface area contributed by atoms with Crippen LogP contribution in [0.2, 0.25) is 0 Å². The lowest BCUT2D eigenvalue weighted by Gasteiger charge is -2.16. The van der Waals surface area contributed by atoms with E-state index in [4.69, 9.17) is 0 Å². The third-order valence-electron chi connectivity index (χ3n) is 1.32. The number of carbonyl (C=O) groups excluding carboxylic acids is 1. The number of hydrazine groups is 1. The summed E-state index contributed by atoms with van der Waals surface area (Å²) in [7, 11) is 0. The lowest BCUT2D eigenvalue weighted by molar-refractivity contribution is -0.156. The molecule has 0 saturated carbocycles. The molecule has 1 atom stereocenters. The highest BCUT2D eigenvalue weighted by Crippen LogP contribution is 2.14. The quantitative estimate of drug-likeness (QED) is 0.284. The Kier molecular flexibility index (Phi) is 4.50. The molecule has 0 aromatic heterocycles. The van der Waals surface area contributed by atoms with E-state index in [1.165, 1.54) is 18.4 Å². The molecule has 0 saturated heterocycles. The Morgan fingerprint density at radius 2 is 2.38 bits per heavy atom. The van der Waals surface area contributed by atoms with E-state index >= 15 is 0 Å². The zero-order chi connectivity index (χ0) is 10.5. The Balaban J connectivity index is 4.02. The zero-order valence-corrected chi connectivity index (χ0v) is 7.22. The molecule has 76 valence electrons. The van der Waals surface area contributed by atoms with Crippen LogP contribution in [0.5, 0.6) is 0 Å². The van der Waals surface area contributed by atoms with Gasteiger partial charge in [0.2, 0.25) is 0 Å². The summed E-state index contributed by atoms with van der Waals surface area (Å²) in [5.41, 5.74) is 1.35. The van der Waals surface area contributed by atoms with Crippen molar-refractivity contribution in [2.75, 3.05) is 6.61 Å². The Labute approximate surface area is 74.7 Å². The second-order valence-corrected chi connectivity index (χ2v) is 2.43. The molecule has 1 unspecified atom stereocenters. The van der Waals surface area contributed by atoms with Gasteiger partial charge in [0, 0.05) is 0 Å². The van der Waals surface area contributed by atoms with Crippen LogP contribution in [0.25, 0.3) is 0 Å². The van der Waals surface area contributed by atoms with Gasteiger partial charge in [-0.15, -0.1) is 6.58 Å². The summed E-state index contributed by atoms with van der Waals surface area (Å²) in [6.45, 7) is 3.85. The summed E-state index contributed by atoms with van der Waals surface area (Å²) in [5.74, 6) is -0.629. The van der Waals surface area contributed by atoms with Crippen LogP contribution in [-0.4, -0.2) is 24.5 Å². The molecule has 0 radical (unpaired) electrons. The second-order valence-electron chi connectivity index (χ2n) is 2.43. The van der Waals surface area contributed by atoms with Crippen LogP contribution in [0, 0.1) is 0 Å². The summed E-state index contributed by atoms with van der Waals surface area (Å²) < 4.78 is 29.9. The molecule has 0 aliphatic heterocycles. The van der Waals surface area contributed by atoms with E-state index in [0.717, 1.165) is 0 Å². The maximum Gasteiger partial charge on any atom is 0.348 e. The lowest BCUT2D eigenvalue weighted by atomic mass is 10.3. The summed E-state index contributed by atoms with van der Waals surface area (Å²) in [6.07, 6.45) is 0.813. The van der Waals surface area contributed by atoms with Crippen LogP contribution in [-0.2, 0) is 9.53 Å². The molecule has 0 spiro atoms. The van der Waals surface area contributed by atoms with Crippen molar-refractivity contribution in [1.82, 2.24) is 5.43 Å². The largest absolute Gasteiger partial charge is 0.368 e. The highest BCUT2D eigenvalue weighted by molar-refractivity contribution is 5.82. The molecule has 0 bridgehead atoms. The van der Waals surface area contributed by atoms with Crippen LogP contribution >= 0.6 is 0 Å². The van der Waals surface area contributed by atoms with E-state index < -0.39 is 24.5 Å². The molecule has 0 aromatic carbocycles. The van der Waals surface area contributed by atoms with Crippen LogP contribution < -0.4 is 11.3 Å². The first-order chi connectivity index (χ1) is 5.94. The van der Waals surface area contributed by atoms with Crippen molar-refractivity contribution in [3.05, 3.63) is 12.7 Å². The Hall–Kier alpha value is -1.01. The van der Waals surface area contributed by atoms with Crippen molar-refractivity contribution in [2.24, 2.45) is 5.84 Å². The van der Waals surface area contributed by atoms with Gasteiger partial charge in [0.25, 0.3) is 0 Å². The average molecular weight is 194 g/mol. The van der Waals surface area contributed by atoms with Gasteiger partial charge in [-0.2, -0.15) is 8.78 Å². The van der Waals surface area contributed by atoms with Crippen LogP contribution in [0.3, 0.4) is 0 Å². The van der Waals surface area contributed by atoms with E-state index in [2.05, 4.69) is 17.2 Å². The normalized spacial score (nSPS) is 13.5. The number of nitrogens with two attached hydrogens (primary N) is 1. The SMILES string of the molecule is C=CC(C)OCC(F)(F)C(=O)NN. The van der Waals surface area contributed by atoms with Gasteiger partial charge in [-0.3, -0.25) is 10.2 Å². The minimum atomic E-state index is -3.61. The number of halogens is 2. The number of hydrogen-bond donors (Lipinski definition) is 2. The standard InChI is InChI=1S/C7H12F2N2O2/c1-3-5(2)13-4-7(8,9)6(12)11-10/h3,5H,1,4,10H2,2H3,(H,11,12). The first-order valence-electron chi connectivity index (χ1n) is 3.57. The van der Waals surface area contributed by atoms with Gasteiger partial charge in [0.05, 0.1) is 6.10 Å². The van der Waals surface area contributed by atoms with E-state index in [9.17, 15) is 13.6 Å². The lowest BCUT2D eigenvalue weighted by Crippen LogP contribution is -2.46. The van der Waals surface area contributed by atoms with Gasteiger partial charge in [-0.05, 0) is 6.92 Å². The average Bonchev–Trinajstić information content (AvgIpc) is 2.12. The van der Waals surface area contributed by atoms with E-state index in [0.29, 0.717) is 0 Å². The molecular formula is C7H12F2N2O2. The first-order valence-corrected chi connectivity index (χ1v) is 3.57. The van der Waals surface area contributed by atoms with Crippen molar-refractivity contribution >= 4 is 5.91 Å². The van der Waals surface area contributed by atoms with Gasteiger partial charge in [-0.1, -0.05) is 6.08 Å². The van der Waals surface area contributed by atoms with Crippen LogP contribution in [0.1, 0.15) is 6.92 Å². The van der Waals surface area contributed by atoms with Gasteiger partial charge in [0.1, 0.15) is 6.61 Å². The minimum Gasteiger partial charge on any atom is -0.368 e. The fraction of sp³-hybridized carbons (Fsp3) is 0.571. The van der Waals surface area contributed by atoms with Gasteiger partial charge in [-0.25, -0.2) is 5.84 Å². The second kappa shape index (κ2) is 4.88. The number of nitrogens with one attached hydrogen (secondary N) is 1. The predicted molar refractivity (Wildman–Crippen MR) is 42.9 cm³/mol. The van der Waals surface area contributed by atoms with Gasteiger partial charge < -0.3 is 4.74 Å². The fourth-order valence-electron chi connectivity index (χ4n) is 0.475. The van der Waals surface area contributed by atoms with E-state index in [1.807, 2.05) is 0 Å². The highest BCUT2D eigenvalue weighted by atomic mass is 19.3. The van der Waals surface area contributed by atoms with Crippen molar-refractivity contribution in [3.8, 4) is 0 Å². The predicted octanol–water partition coefficient (Wildman–Crippen LogP) is 0.203. The molecule has 1 amide bonds. The first kappa shape index (κ1) is 12.0. The fourth-order valence-corrected chi connectivity index (χ4v) is 0.475. The monoisotopic (exact) mass is 194 g/mol. The molecule has 0 aromatic rings. The summed E-state index contributed by atoms with van der Waals surface area (Å²) in [6, 6.07) is 0. The molecule has 0 aliphatic rings. The minimum absolute atomic E-state index is 0.531. The molecule has 0 fully saturated rings. The third-order valence-corrected chi connectivity index (χ3v) is 1.32. The van der Waals surface area contributed by atoms with E-state index in [1.54, 1.807) is 0 Å². The van der Waals surface area contributed by atoms with Crippen molar-refractivity contribution in [1.29, 1.82) is 0 Å². The number of carbonyl (C=O) groups is 1. The molecule has 0 aliphatic carbocycles. The Morgan fingerprint density at radius 3 is 2.77 bits per heavy atom. The van der Waals surface area contributed by atoms with Crippen molar-refractivity contribution in [3.63, 3.8) is 0 Å². The van der Waals surface area contributed by atoms with Gasteiger partial charge in [0.15, 0.2) is 0 Å². The topological polar surface area (TPSA) is 64.3 Å². The number of alkyl halides is 2. The Bertz CT molecular complexity index is 197. The summed E-state index contributed by atoms with van der Waals surface area (Å²) in [5, 5.41) is 0. The maximum absolute atomic E-state index is 12.7. The maximum atomic E-state index is 12.7. The molecule has 0 heterocycles. The Morgan fingerprint density at radius 1 is 1.85 bits per heavy atom. The van der Waals surface area contributed by atoms with Gasteiger partial charge >= 0.3 is 11.8 Å². The number of amides is 1. The number of rotatable bonds is 5. The molecule has 0 rings (SSSR count). The zero-order valence-electron chi connectivity index (χ0n) is 7.22. The van der Waals surface area contributed by atoms with E-state index in [-0.39, 0.29) is 0 Å². The number of ether oxygens (including phenoxy) is 1. The highest BCUT2D eigenvalue weighted by Gasteiger charge is 2.38. The molecule has 13 heavy (non-hydrogen) atoms. The molecule has 3 N–H and O–H groups in total. The molecule has 4 nitrogen and oxygen atoms in total. The van der Waals surface area contributed by atoms with Crippen molar-refractivity contribution < 1.29 is 18.3 Å². The molecule has 6 heteroatoms. The summed E-state index contributed by atoms with van der Waals surface area (Å²) in [4.78, 5) is 10.4. The summed E-state index contributed by atoms with van der Waals surface area (Å²) >= 11 is 0. The number of hydrogen-bond acceptors (Lipinski definition) is 3.